The van der Waals surface area contributed by atoms with Crippen LogP contribution in [0.25, 0.3) is 0 Å². The summed E-state index contributed by atoms with van der Waals surface area (Å²) in [4.78, 5) is 26.0. The summed E-state index contributed by atoms with van der Waals surface area (Å²) in [5.41, 5.74) is 1.54. The van der Waals surface area contributed by atoms with Gasteiger partial charge in [0.1, 0.15) is 11.8 Å². The van der Waals surface area contributed by atoms with Crippen molar-refractivity contribution in [3.8, 4) is 6.07 Å². The molecule has 128 valence electrons. The molecule has 1 aliphatic heterocycles. The van der Waals surface area contributed by atoms with Crippen molar-refractivity contribution in [2.75, 3.05) is 6.54 Å². The summed E-state index contributed by atoms with van der Waals surface area (Å²) in [5, 5.41) is 14.2. The molecule has 0 radical (unpaired) electrons. The maximum absolute atomic E-state index is 12.4. The van der Waals surface area contributed by atoms with Crippen molar-refractivity contribution in [1.82, 2.24) is 15.5 Å². The van der Waals surface area contributed by atoms with Gasteiger partial charge in [0.15, 0.2) is 0 Å². The Morgan fingerprint density at radius 3 is 2.80 bits per heavy atom. The summed E-state index contributed by atoms with van der Waals surface area (Å²) in [7, 11) is 0. The average molecular weight is 338 g/mol. The highest BCUT2D eigenvalue weighted by molar-refractivity contribution is 5.88. The van der Waals surface area contributed by atoms with Crippen LogP contribution in [0.2, 0.25) is 0 Å². The van der Waals surface area contributed by atoms with Crippen molar-refractivity contribution < 1.29 is 14.0 Å². The van der Waals surface area contributed by atoms with Gasteiger partial charge in [0.05, 0.1) is 24.4 Å². The van der Waals surface area contributed by atoms with Crippen LogP contribution in [0.5, 0.6) is 0 Å². The number of urea groups is 1. The van der Waals surface area contributed by atoms with Crippen molar-refractivity contribution >= 4 is 11.9 Å². The van der Waals surface area contributed by atoms with E-state index in [2.05, 4.69) is 16.7 Å². The molecule has 2 N–H and O–H groups in total. The van der Waals surface area contributed by atoms with Gasteiger partial charge in [0.2, 0.25) is 5.91 Å². The first-order valence-electron chi connectivity index (χ1n) is 8.00. The SMILES string of the molecule is N#Cc1ccc(CN2CC[C@H](NC(=O)NCc3ccco3)C2=O)cc1. The lowest BCUT2D eigenvalue weighted by molar-refractivity contribution is -0.129. The number of amides is 3. The molecule has 0 bridgehead atoms. The van der Waals surface area contributed by atoms with Crippen molar-refractivity contribution in [2.24, 2.45) is 0 Å². The summed E-state index contributed by atoms with van der Waals surface area (Å²) in [5.74, 6) is 0.549. The normalized spacial score (nSPS) is 16.5. The molecule has 1 fully saturated rings. The predicted octanol–water partition coefficient (Wildman–Crippen LogP) is 1.75. The molecule has 1 aliphatic rings. The molecule has 25 heavy (non-hydrogen) atoms. The molecule has 2 heterocycles. The Morgan fingerprint density at radius 2 is 2.12 bits per heavy atom. The molecule has 1 aromatic carbocycles. The molecule has 2 aromatic rings. The molecule has 1 aromatic heterocycles. The molecule has 7 nitrogen and oxygen atoms in total. The van der Waals surface area contributed by atoms with Gasteiger partial charge in [-0.3, -0.25) is 4.79 Å². The molecule has 0 saturated carbocycles. The van der Waals surface area contributed by atoms with E-state index in [-0.39, 0.29) is 12.5 Å². The number of hydrogen-bond acceptors (Lipinski definition) is 4. The van der Waals surface area contributed by atoms with Crippen LogP contribution >= 0.6 is 0 Å². The second-order valence-corrected chi connectivity index (χ2v) is 5.82. The Kier molecular flexibility index (Phi) is 5.00. The van der Waals surface area contributed by atoms with Gasteiger partial charge in [-0.2, -0.15) is 5.26 Å². The third-order valence-electron chi connectivity index (χ3n) is 4.06. The summed E-state index contributed by atoms with van der Waals surface area (Å²) >= 11 is 0. The fourth-order valence-electron chi connectivity index (χ4n) is 2.72. The van der Waals surface area contributed by atoms with Gasteiger partial charge in [-0.25, -0.2) is 4.79 Å². The van der Waals surface area contributed by atoms with E-state index in [0.29, 0.717) is 30.8 Å². The average Bonchev–Trinajstić information content (AvgIpc) is 3.26. The zero-order valence-electron chi connectivity index (χ0n) is 13.6. The maximum atomic E-state index is 12.4. The van der Waals surface area contributed by atoms with E-state index in [0.717, 1.165) is 5.56 Å². The van der Waals surface area contributed by atoms with Gasteiger partial charge in [-0.05, 0) is 36.2 Å². The number of nitriles is 1. The topological polar surface area (TPSA) is 98.4 Å². The van der Waals surface area contributed by atoms with Crippen molar-refractivity contribution in [3.63, 3.8) is 0 Å². The highest BCUT2D eigenvalue weighted by Crippen LogP contribution is 2.15. The number of likely N-dealkylation sites (tertiary alicyclic amines) is 1. The minimum Gasteiger partial charge on any atom is -0.467 e. The fourth-order valence-corrected chi connectivity index (χ4v) is 2.72. The van der Waals surface area contributed by atoms with Gasteiger partial charge in [0.25, 0.3) is 0 Å². The second kappa shape index (κ2) is 7.53. The summed E-state index contributed by atoms with van der Waals surface area (Å²) in [6.07, 6.45) is 2.11. The van der Waals surface area contributed by atoms with Gasteiger partial charge < -0.3 is 20.0 Å². The first-order valence-corrected chi connectivity index (χ1v) is 8.00. The Bertz CT molecular complexity index is 778. The van der Waals surface area contributed by atoms with Crippen LogP contribution in [0, 0.1) is 11.3 Å². The van der Waals surface area contributed by atoms with Crippen LogP contribution in [-0.2, 0) is 17.9 Å². The Balaban J connectivity index is 1.49. The van der Waals surface area contributed by atoms with E-state index < -0.39 is 12.1 Å². The maximum Gasteiger partial charge on any atom is 0.315 e. The van der Waals surface area contributed by atoms with E-state index in [4.69, 9.17) is 9.68 Å². The molecule has 0 unspecified atom stereocenters. The molecule has 3 amide bonds. The van der Waals surface area contributed by atoms with E-state index in [1.54, 1.807) is 29.2 Å². The minimum atomic E-state index is -0.519. The zero-order chi connectivity index (χ0) is 17.6. The molecule has 1 saturated heterocycles. The first kappa shape index (κ1) is 16.6. The van der Waals surface area contributed by atoms with Crippen LogP contribution < -0.4 is 10.6 Å². The van der Waals surface area contributed by atoms with Gasteiger partial charge in [0, 0.05) is 13.1 Å². The monoisotopic (exact) mass is 338 g/mol. The smallest absolute Gasteiger partial charge is 0.315 e. The summed E-state index contributed by atoms with van der Waals surface area (Å²) in [6.45, 7) is 1.33. The molecule has 0 spiro atoms. The van der Waals surface area contributed by atoms with E-state index >= 15 is 0 Å². The van der Waals surface area contributed by atoms with Crippen LogP contribution in [0.3, 0.4) is 0 Å². The fraction of sp³-hybridized carbons (Fsp3) is 0.278. The third-order valence-corrected chi connectivity index (χ3v) is 4.06. The summed E-state index contributed by atoms with van der Waals surface area (Å²) in [6, 6.07) is 11.8. The Morgan fingerprint density at radius 1 is 1.32 bits per heavy atom. The predicted molar refractivity (Wildman–Crippen MR) is 89.1 cm³/mol. The minimum absolute atomic E-state index is 0.0995. The lowest BCUT2D eigenvalue weighted by Crippen LogP contribution is -2.45. The van der Waals surface area contributed by atoms with Crippen LogP contribution in [0.1, 0.15) is 23.3 Å². The molecular weight excluding hydrogens is 320 g/mol. The van der Waals surface area contributed by atoms with Crippen molar-refractivity contribution in [1.29, 1.82) is 5.26 Å². The number of furan rings is 1. The lowest BCUT2D eigenvalue weighted by atomic mass is 10.1. The molecule has 1 atom stereocenters. The van der Waals surface area contributed by atoms with Gasteiger partial charge >= 0.3 is 6.03 Å². The standard InChI is InChI=1S/C18H18N4O3/c19-10-13-3-5-14(6-4-13)12-22-8-7-16(17(22)23)21-18(24)20-11-15-2-1-9-25-15/h1-6,9,16H,7-8,11-12H2,(H2,20,21,24)/t16-/m0/s1. The van der Waals surface area contributed by atoms with E-state index in [1.807, 2.05) is 12.1 Å². The molecular formula is C18H18N4O3. The van der Waals surface area contributed by atoms with Crippen molar-refractivity contribution in [3.05, 3.63) is 59.5 Å². The van der Waals surface area contributed by atoms with Crippen LogP contribution in [0.4, 0.5) is 4.79 Å². The number of nitrogens with one attached hydrogen (secondary N) is 2. The summed E-state index contributed by atoms with van der Waals surface area (Å²) < 4.78 is 5.14. The van der Waals surface area contributed by atoms with Crippen LogP contribution in [0.15, 0.2) is 47.1 Å². The molecule has 7 heteroatoms. The van der Waals surface area contributed by atoms with E-state index in [1.165, 1.54) is 6.26 Å². The van der Waals surface area contributed by atoms with Crippen molar-refractivity contribution in [2.45, 2.75) is 25.6 Å². The Hall–Kier alpha value is -3.27. The molecule has 3 rings (SSSR count). The first-order chi connectivity index (χ1) is 12.2. The number of hydrogen-bond donors (Lipinski definition) is 2. The van der Waals surface area contributed by atoms with Crippen LogP contribution in [-0.4, -0.2) is 29.4 Å². The Labute approximate surface area is 145 Å². The van der Waals surface area contributed by atoms with E-state index in [9.17, 15) is 9.59 Å². The number of benzene rings is 1. The molecule has 0 aliphatic carbocycles. The zero-order valence-corrected chi connectivity index (χ0v) is 13.6. The highest BCUT2D eigenvalue weighted by atomic mass is 16.3. The number of carbonyl (C=O) groups excluding carboxylic acids is 2. The third kappa shape index (κ3) is 4.18. The largest absolute Gasteiger partial charge is 0.467 e. The van der Waals surface area contributed by atoms with Gasteiger partial charge in [-0.1, -0.05) is 12.1 Å². The number of rotatable bonds is 5. The highest BCUT2D eigenvalue weighted by Gasteiger charge is 2.32. The second-order valence-electron chi connectivity index (χ2n) is 5.82. The van der Waals surface area contributed by atoms with Gasteiger partial charge in [-0.15, -0.1) is 0 Å². The number of nitrogens with zero attached hydrogens (tertiary/aromatic N) is 2. The quantitative estimate of drug-likeness (QED) is 0.868. The lowest BCUT2D eigenvalue weighted by Gasteiger charge is -2.17. The number of carbonyl (C=O) groups is 2.